The van der Waals surface area contributed by atoms with Crippen LogP contribution < -0.4 is 9.47 Å². The molecule has 0 N–H and O–H groups in total. The van der Waals surface area contributed by atoms with Crippen molar-refractivity contribution in [1.29, 1.82) is 0 Å². The van der Waals surface area contributed by atoms with Crippen LogP contribution >= 0.6 is 0 Å². The molecule has 1 saturated heterocycles. The van der Waals surface area contributed by atoms with E-state index in [0.29, 0.717) is 18.8 Å². The Labute approximate surface area is 141 Å². The Morgan fingerprint density at radius 3 is 2.83 bits per heavy atom. The van der Waals surface area contributed by atoms with Crippen LogP contribution in [0.2, 0.25) is 0 Å². The van der Waals surface area contributed by atoms with Crippen molar-refractivity contribution in [2.45, 2.75) is 25.4 Å². The number of aromatic nitrogens is 2. The van der Waals surface area contributed by atoms with E-state index < -0.39 is 0 Å². The van der Waals surface area contributed by atoms with Crippen molar-refractivity contribution >= 4 is 5.91 Å². The molecule has 1 fully saturated rings. The first-order valence-electron chi connectivity index (χ1n) is 8.09. The SMILES string of the molecule is COc1ccc(CCC(=O)N2CC[C@H](Oc3cccnn3)C2)cc1. The second-order valence-electron chi connectivity index (χ2n) is 5.78. The number of carbonyl (C=O) groups is 1. The molecule has 1 aromatic carbocycles. The van der Waals surface area contributed by atoms with Crippen LogP contribution in [0.1, 0.15) is 18.4 Å². The van der Waals surface area contributed by atoms with Crippen LogP contribution in [0.3, 0.4) is 0 Å². The molecule has 0 bridgehead atoms. The van der Waals surface area contributed by atoms with Gasteiger partial charge in [-0.15, -0.1) is 5.10 Å². The van der Waals surface area contributed by atoms with Gasteiger partial charge in [0.25, 0.3) is 0 Å². The van der Waals surface area contributed by atoms with Gasteiger partial charge in [-0.1, -0.05) is 12.1 Å². The number of amides is 1. The lowest BCUT2D eigenvalue weighted by Gasteiger charge is -2.17. The summed E-state index contributed by atoms with van der Waals surface area (Å²) in [5, 5.41) is 7.71. The molecule has 24 heavy (non-hydrogen) atoms. The fraction of sp³-hybridized carbons (Fsp3) is 0.389. The van der Waals surface area contributed by atoms with Gasteiger partial charge in [-0.25, -0.2) is 0 Å². The lowest BCUT2D eigenvalue weighted by atomic mass is 10.1. The van der Waals surface area contributed by atoms with Crippen LogP contribution in [-0.2, 0) is 11.2 Å². The molecule has 2 heterocycles. The maximum atomic E-state index is 12.4. The van der Waals surface area contributed by atoms with Crippen LogP contribution in [0.25, 0.3) is 0 Å². The number of hydrogen-bond donors (Lipinski definition) is 0. The Morgan fingerprint density at radius 1 is 1.29 bits per heavy atom. The highest BCUT2D eigenvalue weighted by Gasteiger charge is 2.27. The number of hydrogen-bond acceptors (Lipinski definition) is 5. The highest BCUT2D eigenvalue weighted by Crippen LogP contribution is 2.18. The number of nitrogens with zero attached hydrogens (tertiary/aromatic N) is 3. The Kier molecular flexibility index (Phi) is 5.25. The summed E-state index contributed by atoms with van der Waals surface area (Å²) < 4.78 is 10.9. The van der Waals surface area contributed by atoms with Crippen molar-refractivity contribution in [3.63, 3.8) is 0 Å². The summed E-state index contributed by atoms with van der Waals surface area (Å²) in [6, 6.07) is 11.4. The number of benzene rings is 1. The molecule has 0 spiro atoms. The minimum absolute atomic E-state index is 0.00774. The summed E-state index contributed by atoms with van der Waals surface area (Å²) in [6.45, 7) is 1.34. The number of aryl methyl sites for hydroxylation is 1. The first-order chi connectivity index (χ1) is 11.7. The molecule has 0 radical (unpaired) electrons. The molecule has 2 aromatic rings. The number of carbonyl (C=O) groups excluding carboxylic acids is 1. The molecule has 0 aliphatic carbocycles. The smallest absolute Gasteiger partial charge is 0.233 e. The molecular weight excluding hydrogens is 306 g/mol. The Morgan fingerprint density at radius 2 is 2.12 bits per heavy atom. The number of rotatable bonds is 6. The van der Waals surface area contributed by atoms with E-state index in [4.69, 9.17) is 9.47 Å². The Hall–Kier alpha value is -2.63. The fourth-order valence-corrected chi connectivity index (χ4v) is 2.77. The van der Waals surface area contributed by atoms with Crippen molar-refractivity contribution in [1.82, 2.24) is 15.1 Å². The van der Waals surface area contributed by atoms with Crippen molar-refractivity contribution in [3.8, 4) is 11.6 Å². The highest BCUT2D eigenvalue weighted by molar-refractivity contribution is 5.76. The zero-order valence-electron chi connectivity index (χ0n) is 13.7. The third-order valence-corrected chi connectivity index (χ3v) is 4.12. The van der Waals surface area contributed by atoms with Crippen LogP contribution in [-0.4, -0.2) is 47.3 Å². The van der Waals surface area contributed by atoms with E-state index in [1.165, 1.54) is 0 Å². The lowest BCUT2D eigenvalue weighted by molar-refractivity contribution is -0.130. The monoisotopic (exact) mass is 327 g/mol. The number of likely N-dealkylation sites (tertiary alicyclic amines) is 1. The molecule has 6 nitrogen and oxygen atoms in total. The van der Waals surface area contributed by atoms with E-state index in [1.807, 2.05) is 29.2 Å². The van der Waals surface area contributed by atoms with E-state index in [1.54, 1.807) is 25.4 Å². The van der Waals surface area contributed by atoms with Crippen LogP contribution in [0.4, 0.5) is 0 Å². The van der Waals surface area contributed by atoms with Crippen molar-refractivity contribution in [2.24, 2.45) is 0 Å². The molecule has 1 amide bonds. The molecule has 126 valence electrons. The molecule has 1 aliphatic heterocycles. The summed E-state index contributed by atoms with van der Waals surface area (Å²) in [4.78, 5) is 14.2. The third kappa shape index (κ3) is 4.22. The van der Waals surface area contributed by atoms with Crippen molar-refractivity contribution < 1.29 is 14.3 Å². The molecule has 1 aromatic heterocycles. The van der Waals surface area contributed by atoms with Gasteiger partial charge in [-0.05, 0) is 30.2 Å². The van der Waals surface area contributed by atoms with E-state index in [-0.39, 0.29) is 12.0 Å². The maximum Gasteiger partial charge on any atom is 0.233 e. The van der Waals surface area contributed by atoms with Gasteiger partial charge in [0.2, 0.25) is 11.8 Å². The average Bonchev–Trinajstić information content (AvgIpc) is 3.09. The average molecular weight is 327 g/mol. The van der Waals surface area contributed by atoms with Gasteiger partial charge >= 0.3 is 0 Å². The van der Waals surface area contributed by atoms with Gasteiger partial charge in [-0.3, -0.25) is 4.79 Å². The van der Waals surface area contributed by atoms with E-state index >= 15 is 0 Å². The first-order valence-corrected chi connectivity index (χ1v) is 8.09. The molecule has 1 atom stereocenters. The second-order valence-corrected chi connectivity index (χ2v) is 5.78. The van der Waals surface area contributed by atoms with Gasteiger partial charge in [-0.2, -0.15) is 5.10 Å². The molecule has 6 heteroatoms. The van der Waals surface area contributed by atoms with Gasteiger partial charge in [0.15, 0.2) is 0 Å². The summed E-state index contributed by atoms with van der Waals surface area (Å²) >= 11 is 0. The van der Waals surface area contributed by atoms with E-state index in [0.717, 1.165) is 30.7 Å². The predicted molar refractivity (Wildman–Crippen MR) is 89.0 cm³/mol. The van der Waals surface area contributed by atoms with Gasteiger partial charge in [0, 0.05) is 31.6 Å². The molecule has 3 rings (SSSR count). The predicted octanol–water partition coefficient (Wildman–Crippen LogP) is 2.10. The van der Waals surface area contributed by atoms with Crippen LogP contribution in [0, 0.1) is 0 Å². The largest absolute Gasteiger partial charge is 0.497 e. The normalized spacial score (nSPS) is 16.9. The Bertz CT molecular complexity index is 661. The zero-order valence-corrected chi connectivity index (χ0v) is 13.7. The molecule has 0 unspecified atom stereocenters. The van der Waals surface area contributed by atoms with Crippen molar-refractivity contribution in [3.05, 3.63) is 48.2 Å². The highest BCUT2D eigenvalue weighted by atomic mass is 16.5. The Balaban J connectivity index is 1.45. The topological polar surface area (TPSA) is 64.5 Å². The maximum absolute atomic E-state index is 12.4. The van der Waals surface area contributed by atoms with Gasteiger partial charge in [0.1, 0.15) is 11.9 Å². The third-order valence-electron chi connectivity index (χ3n) is 4.12. The summed E-state index contributed by atoms with van der Waals surface area (Å²) in [6.07, 6.45) is 3.66. The molecule has 1 aliphatic rings. The second kappa shape index (κ2) is 7.77. The summed E-state index contributed by atoms with van der Waals surface area (Å²) in [5.41, 5.74) is 1.13. The summed E-state index contributed by atoms with van der Waals surface area (Å²) in [7, 11) is 1.64. The molecular formula is C18H21N3O3. The van der Waals surface area contributed by atoms with Gasteiger partial charge < -0.3 is 14.4 Å². The lowest BCUT2D eigenvalue weighted by Crippen LogP contribution is -2.31. The molecule has 0 saturated carbocycles. The minimum atomic E-state index is -0.00774. The standard InChI is InChI=1S/C18H21N3O3/c1-23-15-7-4-14(5-8-15)6-9-18(22)21-12-10-16(13-21)24-17-3-2-11-19-20-17/h2-5,7-8,11,16H,6,9-10,12-13H2,1H3/t16-/m0/s1. The number of ether oxygens (including phenoxy) is 2. The van der Waals surface area contributed by atoms with Crippen LogP contribution in [0.5, 0.6) is 11.6 Å². The van der Waals surface area contributed by atoms with E-state index in [2.05, 4.69) is 10.2 Å². The number of methoxy groups -OCH3 is 1. The zero-order chi connectivity index (χ0) is 16.8. The summed E-state index contributed by atoms with van der Waals surface area (Å²) in [5.74, 6) is 1.50. The van der Waals surface area contributed by atoms with Crippen LogP contribution in [0.15, 0.2) is 42.6 Å². The van der Waals surface area contributed by atoms with Gasteiger partial charge in [0.05, 0.1) is 13.7 Å². The van der Waals surface area contributed by atoms with E-state index in [9.17, 15) is 4.79 Å². The van der Waals surface area contributed by atoms with Crippen molar-refractivity contribution in [2.75, 3.05) is 20.2 Å². The fourth-order valence-electron chi connectivity index (χ4n) is 2.77. The quantitative estimate of drug-likeness (QED) is 0.813. The first kappa shape index (κ1) is 16.2. The minimum Gasteiger partial charge on any atom is -0.497 e.